The van der Waals surface area contributed by atoms with Gasteiger partial charge in [0.15, 0.2) is 0 Å². The number of hydrazone groups is 1. The van der Waals surface area contributed by atoms with Crippen LogP contribution in [0.5, 0.6) is 0 Å². The summed E-state index contributed by atoms with van der Waals surface area (Å²) in [5.74, 6) is 1.16. The molecule has 230 valence electrons. The molecule has 0 spiro atoms. The molecule has 1 aliphatic rings. The summed E-state index contributed by atoms with van der Waals surface area (Å²) in [7, 11) is 3.35. The molecule has 1 atom stereocenters. The molecule has 11 nitrogen and oxygen atoms in total. The summed E-state index contributed by atoms with van der Waals surface area (Å²) in [6, 6.07) is 22.7. The quantitative estimate of drug-likeness (QED) is 0.212. The third-order valence-corrected chi connectivity index (χ3v) is 8.22. The van der Waals surface area contributed by atoms with Crippen LogP contribution < -0.4 is 56.6 Å². The van der Waals surface area contributed by atoms with Gasteiger partial charge in [0.05, 0.1) is 22.6 Å². The summed E-state index contributed by atoms with van der Waals surface area (Å²) < 4.78 is 2.29. The van der Waals surface area contributed by atoms with E-state index in [9.17, 15) is 9.59 Å². The molecule has 0 fully saturated rings. The van der Waals surface area contributed by atoms with Gasteiger partial charge in [0.2, 0.25) is 11.8 Å². The molecule has 0 saturated heterocycles. The zero-order valence-corrected chi connectivity index (χ0v) is 30.1. The molecule has 0 aliphatic carbocycles. The number of benzene rings is 3. The Labute approximate surface area is 310 Å². The van der Waals surface area contributed by atoms with Crippen molar-refractivity contribution < 1.29 is 61.0 Å². The van der Waals surface area contributed by atoms with E-state index in [1.165, 1.54) is 9.91 Å². The first-order valence-corrected chi connectivity index (χ1v) is 15.3. The van der Waals surface area contributed by atoms with Crippen LogP contribution in [0.1, 0.15) is 50.1 Å². The Morgan fingerprint density at radius 3 is 2.46 bits per heavy atom. The van der Waals surface area contributed by atoms with Crippen molar-refractivity contribution in [2.24, 2.45) is 11.0 Å². The summed E-state index contributed by atoms with van der Waals surface area (Å²) in [6.07, 6.45) is 3.30. The number of tetrazole rings is 1. The second-order valence-electron chi connectivity index (χ2n) is 11.7. The van der Waals surface area contributed by atoms with Crippen molar-refractivity contribution in [1.82, 2.24) is 40.1 Å². The zero-order chi connectivity index (χ0) is 31.5. The molecule has 2 amide bonds. The molecule has 46 heavy (non-hydrogen) atoms. The number of fused-ring (bicyclic) bond motifs is 1. The molecule has 0 saturated carbocycles. The van der Waals surface area contributed by atoms with E-state index in [2.05, 4.69) is 73.6 Å². The summed E-state index contributed by atoms with van der Waals surface area (Å²) >= 11 is 0. The van der Waals surface area contributed by atoms with Crippen molar-refractivity contribution in [3.05, 3.63) is 83.7 Å². The molecule has 1 unspecified atom stereocenters. The number of nitrogens with zero attached hydrogens (tertiary/aromatic N) is 9. The van der Waals surface area contributed by atoms with Gasteiger partial charge in [-0.05, 0) is 35.2 Å². The minimum absolute atomic E-state index is 0. The van der Waals surface area contributed by atoms with E-state index in [0.29, 0.717) is 18.8 Å². The van der Waals surface area contributed by atoms with Gasteiger partial charge in [-0.2, -0.15) is 5.10 Å². The number of likely N-dealkylation sites (N-methyl/N-ethyl adjacent to an activating group) is 1. The molecule has 0 N–H and O–H groups in total. The molecule has 5 aromatic rings. The smallest absolute Gasteiger partial charge is 0.347 e. The van der Waals surface area contributed by atoms with E-state index < -0.39 is 0 Å². The van der Waals surface area contributed by atoms with Gasteiger partial charge in [-0.1, -0.05) is 74.9 Å². The Balaban J connectivity index is 0.00000417. The number of rotatable bonds is 10. The number of carbonyl (C=O) groups is 2. The average molecular weight is 642 g/mol. The van der Waals surface area contributed by atoms with Crippen LogP contribution in [0.25, 0.3) is 33.5 Å². The molecule has 0 radical (unpaired) electrons. The summed E-state index contributed by atoms with van der Waals surface area (Å²) in [5, 5.41) is 21.4. The van der Waals surface area contributed by atoms with E-state index in [0.717, 1.165) is 69.6 Å². The monoisotopic (exact) mass is 641 g/mol. The summed E-state index contributed by atoms with van der Waals surface area (Å²) in [5.41, 5.74) is 7.77. The van der Waals surface area contributed by atoms with Gasteiger partial charge >= 0.3 is 51.4 Å². The van der Waals surface area contributed by atoms with E-state index >= 15 is 0 Å². The summed E-state index contributed by atoms with van der Waals surface area (Å²) in [4.78, 5) is 31.6. The molecule has 2 aromatic heterocycles. The number of aromatic nitrogens is 6. The van der Waals surface area contributed by atoms with Crippen LogP contribution in [0.3, 0.4) is 0 Å². The number of amides is 2. The van der Waals surface area contributed by atoms with E-state index in [-0.39, 0.29) is 75.7 Å². The average Bonchev–Trinajstić information content (AvgIpc) is 3.70. The first-order chi connectivity index (χ1) is 21.8. The van der Waals surface area contributed by atoms with Crippen LogP contribution in [0.4, 0.5) is 0 Å². The van der Waals surface area contributed by atoms with Crippen LogP contribution in [0, 0.1) is 5.92 Å². The second-order valence-corrected chi connectivity index (χ2v) is 11.7. The fourth-order valence-electron chi connectivity index (χ4n) is 5.67. The Morgan fingerprint density at radius 1 is 1.02 bits per heavy atom. The van der Waals surface area contributed by atoms with Crippen molar-refractivity contribution in [3.63, 3.8) is 0 Å². The Hall–Kier alpha value is -3.55. The van der Waals surface area contributed by atoms with Gasteiger partial charge in [0.25, 0.3) is 0 Å². The standard InChI is InChI=1S/C34H36N9O2.K/c1-5-6-11-30-35-28-17-16-25(33-22(2)18-31(44)43(38-33)21-32(45)41(3)4)19-29(28)42(30)20-23-12-14-24(15-13-23)26-9-7-8-10-27(26)34-36-39-40-37-34;/h7-10,12-17,19,22H,5-6,11,18,20-21H2,1-4H3;/q-1;+1. The van der Waals surface area contributed by atoms with Gasteiger partial charge in [-0.3, -0.25) is 20.0 Å². The van der Waals surface area contributed by atoms with E-state index in [1.54, 1.807) is 14.1 Å². The SMILES string of the molecule is CCCCc1nc2ccc(C3=NN(CC(=O)N(C)C)C(=O)CC3C)cc2n1Cc1ccc(-c2ccccc2-c2nn[n-]n2)cc1.[K+]. The van der Waals surface area contributed by atoms with Crippen LogP contribution in [0.2, 0.25) is 0 Å². The first-order valence-electron chi connectivity index (χ1n) is 15.3. The Bertz CT molecular complexity index is 1860. The normalized spacial score (nSPS) is 14.7. The van der Waals surface area contributed by atoms with Crippen molar-refractivity contribution in [2.75, 3.05) is 20.6 Å². The molecular formula is C34H36KN9O2. The maximum Gasteiger partial charge on any atom is 1.00 e. The maximum absolute atomic E-state index is 12.7. The predicted molar refractivity (Wildman–Crippen MR) is 172 cm³/mol. The van der Waals surface area contributed by atoms with E-state index in [4.69, 9.17) is 4.98 Å². The molecule has 0 bridgehead atoms. The van der Waals surface area contributed by atoms with Crippen LogP contribution in [0.15, 0.2) is 71.8 Å². The third-order valence-electron chi connectivity index (χ3n) is 8.22. The van der Waals surface area contributed by atoms with Crippen molar-refractivity contribution in [3.8, 4) is 22.5 Å². The van der Waals surface area contributed by atoms with Gasteiger partial charge in [0, 0.05) is 50.5 Å². The van der Waals surface area contributed by atoms with Gasteiger partial charge in [0.1, 0.15) is 12.4 Å². The molecular weight excluding hydrogens is 606 g/mol. The largest absolute Gasteiger partial charge is 1.00 e. The summed E-state index contributed by atoms with van der Waals surface area (Å²) in [6.45, 7) is 4.78. The number of carbonyl (C=O) groups excluding carboxylic acids is 2. The number of hydrogen-bond acceptors (Lipinski definition) is 7. The van der Waals surface area contributed by atoms with Crippen LogP contribution in [-0.4, -0.2) is 73.0 Å². The third kappa shape index (κ3) is 7.21. The van der Waals surface area contributed by atoms with Crippen molar-refractivity contribution in [2.45, 2.75) is 46.1 Å². The predicted octanol–water partition coefficient (Wildman–Crippen LogP) is 1.57. The number of aryl methyl sites for hydroxylation is 1. The number of hydrogen-bond donors (Lipinski definition) is 0. The van der Waals surface area contributed by atoms with Gasteiger partial charge in [-0.15, -0.1) is 0 Å². The first kappa shape index (κ1) is 33.8. The number of unbranched alkanes of at least 4 members (excludes halogenated alkanes) is 1. The van der Waals surface area contributed by atoms with Crippen LogP contribution >= 0.6 is 0 Å². The molecule has 12 heteroatoms. The van der Waals surface area contributed by atoms with Crippen molar-refractivity contribution >= 4 is 28.6 Å². The second kappa shape index (κ2) is 14.9. The maximum atomic E-state index is 12.7. The number of imidazole rings is 1. The fourth-order valence-corrected chi connectivity index (χ4v) is 5.67. The van der Waals surface area contributed by atoms with Crippen molar-refractivity contribution in [1.29, 1.82) is 0 Å². The Morgan fingerprint density at radius 2 is 1.76 bits per heavy atom. The topological polar surface area (TPSA) is 124 Å². The Kier molecular flexibility index (Phi) is 11.0. The fraction of sp³-hybridized carbons (Fsp3) is 0.324. The van der Waals surface area contributed by atoms with Crippen LogP contribution in [-0.2, 0) is 22.6 Å². The minimum atomic E-state index is -0.169. The zero-order valence-electron chi connectivity index (χ0n) is 27.0. The van der Waals surface area contributed by atoms with E-state index in [1.807, 2.05) is 37.3 Å². The minimum Gasteiger partial charge on any atom is -0.347 e. The molecule has 3 heterocycles. The molecule has 1 aliphatic heterocycles. The molecule has 6 rings (SSSR count). The molecule has 3 aromatic carbocycles. The van der Waals surface area contributed by atoms with Gasteiger partial charge in [-0.25, -0.2) is 15.1 Å². The van der Waals surface area contributed by atoms with Gasteiger partial charge < -0.3 is 14.6 Å².